The highest BCUT2D eigenvalue weighted by molar-refractivity contribution is 6.35. The van der Waals surface area contributed by atoms with E-state index in [0.29, 0.717) is 12.3 Å². The number of ether oxygens (including phenoxy) is 1. The molecule has 0 saturated carbocycles. The van der Waals surface area contributed by atoms with Crippen LogP contribution < -0.4 is 5.43 Å². The number of carbonyl (C=O) groups excluding carboxylic acids is 1. The summed E-state index contributed by atoms with van der Waals surface area (Å²) in [4.78, 5) is 11.6. The van der Waals surface area contributed by atoms with Crippen LogP contribution in [0, 0.1) is 0 Å². The van der Waals surface area contributed by atoms with Gasteiger partial charge in [-0.05, 0) is 62.3 Å². The van der Waals surface area contributed by atoms with E-state index in [9.17, 15) is 4.79 Å². The third-order valence-electron chi connectivity index (χ3n) is 3.43. The zero-order valence-electron chi connectivity index (χ0n) is 12.2. The minimum Gasteiger partial charge on any atom is -0.461 e. The van der Waals surface area contributed by atoms with Gasteiger partial charge in [0.2, 0.25) is 0 Å². The molecule has 1 aromatic carbocycles. The first-order valence-corrected chi connectivity index (χ1v) is 7.30. The van der Waals surface area contributed by atoms with Gasteiger partial charge in [0.1, 0.15) is 5.71 Å². The van der Waals surface area contributed by atoms with Gasteiger partial charge in [-0.25, -0.2) is 4.79 Å². The molecule has 0 saturated heterocycles. The van der Waals surface area contributed by atoms with Gasteiger partial charge < -0.3 is 4.74 Å². The van der Waals surface area contributed by atoms with Crippen molar-refractivity contribution in [3.63, 3.8) is 0 Å². The van der Waals surface area contributed by atoms with Crippen LogP contribution >= 0.6 is 0 Å². The fourth-order valence-electron chi connectivity index (χ4n) is 2.30. The van der Waals surface area contributed by atoms with Crippen molar-refractivity contribution in [2.45, 2.75) is 46.0 Å². The SMILES string of the molecule is CCCOC(=O)/C(C)=N/Nc1ccc2c(c1)CCCC2. The van der Waals surface area contributed by atoms with Gasteiger partial charge in [0.05, 0.1) is 12.3 Å². The van der Waals surface area contributed by atoms with Crippen LogP contribution in [0.3, 0.4) is 0 Å². The number of hydrogen-bond donors (Lipinski definition) is 1. The maximum absolute atomic E-state index is 11.6. The number of nitrogens with zero attached hydrogens (tertiary/aromatic N) is 1. The van der Waals surface area contributed by atoms with Crippen LogP contribution in [-0.4, -0.2) is 18.3 Å². The smallest absolute Gasteiger partial charge is 0.354 e. The van der Waals surface area contributed by atoms with Crippen LogP contribution in [0.2, 0.25) is 0 Å². The van der Waals surface area contributed by atoms with Crippen LogP contribution in [0.15, 0.2) is 23.3 Å². The van der Waals surface area contributed by atoms with Crippen LogP contribution in [0.4, 0.5) is 5.69 Å². The lowest BCUT2D eigenvalue weighted by molar-refractivity contribution is -0.135. The Morgan fingerprint density at radius 1 is 1.30 bits per heavy atom. The summed E-state index contributed by atoms with van der Waals surface area (Å²) in [5.41, 5.74) is 7.03. The van der Waals surface area contributed by atoms with E-state index < -0.39 is 0 Å². The average Bonchev–Trinajstić information content (AvgIpc) is 2.50. The van der Waals surface area contributed by atoms with Crippen molar-refractivity contribution in [2.75, 3.05) is 12.0 Å². The second kappa shape index (κ2) is 7.08. The second-order valence-corrected chi connectivity index (χ2v) is 5.14. The average molecular weight is 274 g/mol. The van der Waals surface area contributed by atoms with Gasteiger partial charge in [-0.1, -0.05) is 13.0 Å². The van der Waals surface area contributed by atoms with Crippen molar-refractivity contribution in [3.8, 4) is 0 Å². The molecule has 4 heteroatoms. The summed E-state index contributed by atoms with van der Waals surface area (Å²) in [6.07, 6.45) is 5.65. The Labute approximate surface area is 120 Å². The van der Waals surface area contributed by atoms with E-state index in [1.807, 2.05) is 13.0 Å². The number of hydrazone groups is 1. The van der Waals surface area contributed by atoms with Gasteiger partial charge >= 0.3 is 5.97 Å². The highest BCUT2D eigenvalue weighted by atomic mass is 16.5. The summed E-state index contributed by atoms with van der Waals surface area (Å²) in [6, 6.07) is 6.29. The molecule has 2 rings (SSSR count). The van der Waals surface area contributed by atoms with E-state index in [2.05, 4.69) is 22.7 Å². The van der Waals surface area contributed by atoms with Crippen LogP contribution in [-0.2, 0) is 22.4 Å². The van der Waals surface area contributed by atoms with Crippen molar-refractivity contribution in [3.05, 3.63) is 29.3 Å². The molecule has 0 fully saturated rings. The molecule has 1 N–H and O–H groups in total. The largest absolute Gasteiger partial charge is 0.461 e. The number of fused-ring (bicyclic) bond motifs is 1. The molecular weight excluding hydrogens is 252 g/mol. The second-order valence-electron chi connectivity index (χ2n) is 5.14. The standard InChI is InChI=1S/C16H22N2O2/c1-3-10-20-16(19)12(2)17-18-15-9-8-13-6-4-5-7-14(13)11-15/h8-9,11,18H,3-7,10H2,1-2H3/b17-12+. The Morgan fingerprint density at radius 2 is 2.05 bits per heavy atom. The number of hydrogen-bond acceptors (Lipinski definition) is 4. The molecule has 0 radical (unpaired) electrons. The van der Waals surface area contributed by atoms with Crippen molar-refractivity contribution in [1.29, 1.82) is 0 Å². The Hall–Kier alpha value is -1.84. The molecule has 108 valence electrons. The van der Waals surface area contributed by atoms with E-state index in [-0.39, 0.29) is 5.97 Å². The number of benzene rings is 1. The molecule has 0 amide bonds. The Morgan fingerprint density at radius 3 is 2.80 bits per heavy atom. The van der Waals surface area contributed by atoms with E-state index in [1.54, 1.807) is 6.92 Å². The quantitative estimate of drug-likeness (QED) is 0.509. The number of nitrogens with one attached hydrogen (secondary N) is 1. The molecule has 0 aliphatic heterocycles. The predicted molar refractivity (Wildman–Crippen MR) is 81.1 cm³/mol. The summed E-state index contributed by atoms with van der Waals surface area (Å²) in [5, 5.41) is 4.09. The first-order valence-electron chi connectivity index (χ1n) is 7.30. The molecule has 0 spiro atoms. The zero-order chi connectivity index (χ0) is 14.4. The molecule has 0 aromatic heterocycles. The minimum absolute atomic E-state index is 0.344. The van der Waals surface area contributed by atoms with E-state index in [1.165, 1.54) is 30.4 Å². The van der Waals surface area contributed by atoms with Gasteiger partial charge in [0.25, 0.3) is 0 Å². The molecule has 0 bridgehead atoms. The van der Waals surface area contributed by atoms with Crippen molar-refractivity contribution in [2.24, 2.45) is 5.10 Å². The monoisotopic (exact) mass is 274 g/mol. The number of carbonyl (C=O) groups is 1. The highest BCUT2D eigenvalue weighted by Gasteiger charge is 2.10. The summed E-state index contributed by atoms with van der Waals surface area (Å²) >= 11 is 0. The number of esters is 1. The molecule has 0 heterocycles. The Kier molecular flexibility index (Phi) is 5.16. The van der Waals surface area contributed by atoms with Crippen molar-refractivity contribution < 1.29 is 9.53 Å². The lowest BCUT2D eigenvalue weighted by atomic mass is 9.91. The fourth-order valence-corrected chi connectivity index (χ4v) is 2.30. The summed E-state index contributed by atoms with van der Waals surface area (Å²) in [7, 11) is 0. The maximum atomic E-state index is 11.6. The lowest BCUT2D eigenvalue weighted by Crippen LogP contribution is -2.16. The molecule has 0 unspecified atom stereocenters. The van der Waals surface area contributed by atoms with Gasteiger partial charge in [-0.15, -0.1) is 0 Å². The lowest BCUT2D eigenvalue weighted by Gasteiger charge is -2.16. The van der Waals surface area contributed by atoms with E-state index >= 15 is 0 Å². The molecule has 1 aliphatic rings. The molecule has 1 aromatic rings. The van der Waals surface area contributed by atoms with Gasteiger partial charge in [0, 0.05) is 0 Å². The molecular formula is C16H22N2O2. The number of anilines is 1. The molecule has 1 aliphatic carbocycles. The number of aryl methyl sites for hydroxylation is 2. The predicted octanol–water partition coefficient (Wildman–Crippen LogP) is 3.31. The van der Waals surface area contributed by atoms with E-state index in [4.69, 9.17) is 4.74 Å². The van der Waals surface area contributed by atoms with Gasteiger partial charge in [-0.3, -0.25) is 5.43 Å². The van der Waals surface area contributed by atoms with Gasteiger partial charge in [-0.2, -0.15) is 5.10 Å². The Bertz CT molecular complexity index is 509. The van der Waals surface area contributed by atoms with Crippen molar-refractivity contribution >= 4 is 17.4 Å². The Balaban J connectivity index is 1.97. The molecule has 0 atom stereocenters. The highest BCUT2D eigenvalue weighted by Crippen LogP contribution is 2.24. The topological polar surface area (TPSA) is 50.7 Å². The van der Waals surface area contributed by atoms with Crippen molar-refractivity contribution in [1.82, 2.24) is 0 Å². The maximum Gasteiger partial charge on any atom is 0.354 e. The van der Waals surface area contributed by atoms with E-state index in [0.717, 1.165) is 18.5 Å². The minimum atomic E-state index is -0.364. The van der Waals surface area contributed by atoms with Crippen LogP contribution in [0.1, 0.15) is 44.2 Å². The third-order valence-corrected chi connectivity index (χ3v) is 3.43. The van der Waals surface area contributed by atoms with Crippen LogP contribution in [0.5, 0.6) is 0 Å². The third kappa shape index (κ3) is 3.83. The molecule has 20 heavy (non-hydrogen) atoms. The zero-order valence-corrected chi connectivity index (χ0v) is 12.2. The normalized spacial score (nSPS) is 14.6. The summed E-state index contributed by atoms with van der Waals surface area (Å²) in [6.45, 7) is 4.05. The first kappa shape index (κ1) is 14.6. The fraction of sp³-hybridized carbons (Fsp3) is 0.500. The summed E-state index contributed by atoms with van der Waals surface area (Å²) in [5.74, 6) is -0.364. The first-order chi connectivity index (χ1) is 9.70. The van der Waals surface area contributed by atoms with Gasteiger partial charge in [0.15, 0.2) is 0 Å². The molecule has 4 nitrogen and oxygen atoms in total. The number of rotatable bonds is 5. The van der Waals surface area contributed by atoms with Crippen LogP contribution in [0.25, 0.3) is 0 Å². The summed E-state index contributed by atoms with van der Waals surface area (Å²) < 4.78 is 5.02.